The minimum atomic E-state index is -3.23. The van der Waals surface area contributed by atoms with Crippen LogP contribution in [0.2, 0.25) is 0 Å². The van der Waals surface area contributed by atoms with Crippen LogP contribution in [0.5, 0.6) is 11.5 Å². The van der Waals surface area contributed by atoms with Crippen molar-refractivity contribution in [1.82, 2.24) is 14.1 Å². The average molecular weight is 474 g/mol. The van der Waals surface area contributed by atoms with Crippen LogP contribution in [-0.2, 0) is 21.2 Å². The van der Waals surface area contributed by atoms with Gasteiger partial charge in [0.2, 0.25) is 15.9 Å². The van der Waals surface area contributed by atoms with Crippen LogP contribution in [0.3, 0.4) is 0 Å². The van der Waals surface area contributed by atoms with Gasteiger partial charge in [0, 0.05) is 32.7 Å². The van der Waals surface area contributed by atoms with E-state index in [0.29, 0.717) is 37.7 Å². The van der Waals surface area contributed by atoms with E-state index in [1.165, 1.54) is 16.1 Å². The molecule has 178 valence electrons. The fraction of sp³-hybridized carbons (Fsp3) is 0.458. The third-order valence-electron chi connectivity index (χ3n) is 6.49. The van der Waals surface area contributed by atoms with E-state index in [1.807, 2.05) is 30.3 Å². The summed E-state index contributed by atoms with van der Waals surface area (Å²) in [6.45, 7) is 2.51. The molecule has 2 heterocycles. The first kappa shape index (κ1) is 23.5. The third-order valence-corrected chi connectivity index (χ3v) is 7.79. The smallest absolute Gasteiger partial charge is 0.236 e. The highest BCUT2D eigenvalue weighted by atomic mass is 32.2. The molecule has 0 unspecified atom stereocenters. The molecule has 2 aliphatic heterocycles. The van der Waals surface area contributed by atoms with Gasteiger partial charge in [-0.05, 0) is 35.2 Å². The molecule has 8 nitrogen and oxygen atoms in total. The molecular weight excluding hydrogens is 442 g/mol. The normalized spacial score (nSPS) is 19.7. The number of sulfonamides is 1. The van der Waals surface area contributed by atoms with E-state index in [-0.39, 0.29) is 18.5 Å². The number of ether oxygens (including phenoxy) is 2. The van der Waals surface area contributed by atoms with Gasteiger partial charge in [0.05, 0.1) is 33.1 Å². The summed E-state index contributed by atoms with van der Waals surface area (Å²) in [7, 11) is 0.0322. The van der Waals surface area contributed by atoms with Crippen molar-refractivity contribution in [3.05, 3.63) is 59.2 Å². The van der Waals surface area contributed by atoms with Crippen LogP contribution >= 0.6 is 0 Å². The van der Waals surface area contributed by atoms with Gasteiger partial charge < -0.3 is 14.4 Å². The van der Waals surface area contributed by atoms with Gasteiger partial charge in [-0.2, -0.15) is 4.31 Å². The lowest BCUT2D eigenvalue weighted by atomic mass is 9.87. The van der Waals surface area contributed by atoms with Crippen molar-refractivity contribution >= 4 is 15.9 Å². The summed E-state index contributed by atoms with van der Waals surface area (Å²) in [5.74, 6) is 1.39. The van der Waals surface area contributed by atoms with Gasteiger partial charge in [0.15, 0.2) is 11.5 Å². The van der Waals surface area contributed by atoms with Crippen molar-refractivity contribution in [2.45, 2.75) is 12.5 Å². The number of benzene rings is 2. The zero-order valence-electron chi connectivity index (χ0n) is 19.4. The Morgan fingerprint density at radius 2 is 1.61 bits per heavy atom. The van der Waals surface area contributed by atoms with Crippen LogP contribution in [0.4, 0.5) is 0 Å². The summed E-state index contributed by atoms with van der Waals surface area (Å²) in [5.41, 5.74) is 3.41. The number of nitrogens with zero attached hydrogens (tertiary/aromatic N) is 3. The fourth-order valence-electron chi connectivity index (χ4n) is 4.74. The summed E-state index contributed by atoms with van der Waals surface area (Å²) in [6, 6.07) is 14.1. The largest absolute Gasteiger partial charge is 0.493 e. The average Bonchev–Trinajstić information content (AvgIpc) is 2.83. The number of piperazine rings is 1. The molecule has 0 aromatic heterocycles. The zero-order chi connectivity index (χ0) is 23.6. The van der Waals surface area contributed by atoms with Gasteiger partial charge in [-0.15, -0.1) is 0 Å². The molecule has 0 aliphatic carbocycles. The van der Waals surface area contributed by atoms with E-state index >= 15 is 0 Å². The lowest BCUT2D eigenvalue weighted by Gasteiger charge is -2.40. The number of carbonyl (C=O) groups excluding carboxylic acids is 1. The fourth-order valence-corrected chi connectivity index (χ4v) is 5.56. The minimum absolute atomic E-state index is 0.0213. The molecule has 2 aromatic carbocycles. The molecule has 0 spiro atoms. The Morgan fingerprint density at radius 3 is 2.21 bits per heavy atom. The molecule has 1 atom stereocenters. The number of methoxy groups -OCH3 is 2. The standard InChI is InChI=1S/C24H31N3O5S/c1-31-21-15-19-9-10-26(17-23(28)25-11-13-27(14-12-25)33(3,29)30)24(18-7-5-4-6-8-18)20(19)16-22(21)32-2/h4-8,15-16,24H,9-14,17H2,1-3H3/t24-/m1/s1. The summed E-state index contributed by atoms with van der Waals surface area (Å²) in [5, 5.41) is 0. The molecular formula is C24H31N3O5S. The monoisotopic (exact) mass is 473 g/mol. The predicted octanol–water partition coefficient (Wildman–Crippen LogP) is 1.76. The van der Waals surface area contributed by atoms with Crippen molar-refractivity contribution in [2.75, 3.05) is 59.7 Å². The maximum absolute atomic E-state index is 13.2. The van der Waals surface area contributed by atoms with Gasteiger partial charge in [0.25, 0.3) is 0 Å². The van der Waals surface area contributed by atoms with Crippen molar-refractivity contribution < 1.29 is 22.7 Å². The molecule has 9 heteroatoms. The highest BCUT2D eigenvalue weighted by Crippen LogP contribution is 2.40. The second-order valence-corrected chi connectivity index (χ2v) is 10.5. The number of fused-ring (bicyclic) bond motifs is 1. The molecule has 0 N–H and O–H groups in total. The van der Waals surface area contributed by atoms with Crippen LogP contribution < -0.4 is 9.47 Å². The molecule has 0 saturated carbocycles. The lowest BCUT2D eigenvalue weighted by molar-refractivity contribution is -0.134. The Bertz CT molecular complexity index is 1100. The third kappa shape index (κ3) is 5.00. The highest BCUT2D eigenvalue weighted by Gasteiger charge is 2.33. The second-order valence-electron chi connectivity index (χ2n) is 8.48. The van der Waals surface area contributed by atoms with E-state index in [1.54, 1.807) is 19.1 Å². The van der Waals surface area contributed by atoms with Crippen molar-refractivity contribution in [1.29, 1.82) is 0 Å². The molecule has 2 aliphatic rings. The van der Waals surface area contributed by atoms with Crippen molar-refractivity contribution in [2.24, 2.45) is 0 Å². The number of amides is 1. The maximum Gasteiger partial charge on any atom is 0.236 e. The summed E-state index contributed by atoms with van der Waals surface area (Å²) < 4.78 is 36.1. The molecule has 1 amide bonds. The molecule has 0 bridgehead atoms. The second kappa shape index (κ2) is 9.70. The molecule has 4 rings (SSSR count). The van der Waals surface area contributed by atoms with Crippen LogP contribution in [0.15, 0.2) is 42.5 Å². The Kier molecular flexibility index (Phi) is 6.92. The Labute approximate surface area is 195 Å². The first-order chi connectivity index (χ1) is 15.8. The predicted molar refractivity (Wildman–Crippen MR) is 126 cm³/mol. The maximum atomic E-state index is 13.2. The van der Waals surface area contributed by atoms with Crippen molar-refractivity contribution in [3.8, 4) is 11.5 Å². The molecule has 1 fully saturated rings. The van der Waals surface area contributed by atoms with Crippen molar-refractivity contribution in [3.63, 3.8) is 0 Å². The van der Waals surface area contributed by atoms with E-state index < -0.39 is 10.0 Å². The Hall–Kier alpha value is -2.62. The molecule has 1 saturated heterocycles. The molecule has 2 aromatic rings. The van der Waals surface area contributed by atoms with Crippen LogP contribution in [0.25, 0.3) is 0 Å². The van der Waals surface area contributed by atoms with E-state index in [0.717, 1.165) is 24.1 Å². The summed E-state index contributed by atoms with van der Waals surface area (Å²) >= 11 is 0. The quantitative estimate of drug-likeness (QED) is 0.636. The summed E-state index contributed by atoms with van der Waals surface area (Å²) in [6.07, 6.45) is 2.01. The molecule has 0 radical (unpaired) electrons. The van der Waals surface area contributed by atoms with Gasteiger partial charge >= 0.3 is 0 Å². The van der Waals surface area contributed by atoms with Gasteiger partial charge in [-0.1, -0.05) is 30.3 Å². The Morgan fingerprint density at radius 1 is 0.970 bits per heavy atom. The summed E-state index contributed by atoms with van der Waals surface area (Å²) in [4.78, 5) is 17.2. The SMILES string of the molecule is COc1cc2c(cc1OC)[C@@H](c1ccccc1)N(CC(=O)N1CCN(S(C)(=O)=O)CC1)CC2. The number of hydrogen-bond donors (Lipinski definition) is 0. The van der Waals surface area contributed by atoms with Gasteiger partial charge in [-0.25, -0.2) is 8.42 Å². The molecule has 33 heavy (non-hydrogen) atoms. The lowest BCUT2D eigenvalue weighted by Crippen LogP contribution is -2.53. The van der Waals surface area contributed by atoms with E-state index in [2.05, 4.69) is 17.0 Å². The van der Waals surface area contributed by atoms with Gasteiger partial charge in [0.1, 0.15) is 0 Å². The van der Waals surface area contributed by atoms with Crippen LogP contribution in [0, 0.1) is 0 Å². The first-order valence-electron chi connectivity index (χ1n) is 11.1. The zero-order valence-corrected chi connectivity index (χ0v) is 20.2. The van der Waals surface area contributed by atoms with Crippen LogP contribution in [-0.4, -0.2) is 88.2 Å². The Balaban J connectivity index is 1.59. The van der Waals surface area contributed by atoms with E-state index in [9.17, 15) is 13.2 Å². The topological polar surface area (TPSA) is 79.4 Å². The van der Waals surface area contributed by atoms with E-state index in [4.69, 9.17) is 9.47 Å². The minimum Gasteiger partial charge on any atom is -0.493 e. The number of rotatable bonds is 6. The number of hydrogen-bond acceptors (Lipinski definition) is 6. The highest BCUT2D eigenvalue weighted by molar-refractivity contribution is 7.88. The van der Waals surface area contributed by atoms with Gasteiger partial charge in [-0.3, -0.25) is 9.69 Å². The first-order valence-corrected chi connectivity index (χ1v) is 12.9. The van der Waals surface area contributed by atoms with Crippen LogP contribution in [0.1, 0.15) is 22.7 Å². The number of carbonyl (C=O) groups is 1.